The Hall–Kier alpha value is -0.210. The maximum atomic E-state index is 11.8. The summed E-state index contributed by atoms with van der Waals surface area (Å²) in [5.41, 5.74) is 0. The molecule has 0 bridgehead atoms. The summed E-state index contributed by atoms with van der Waals surface area (Å²) >= 11 is 0. The Morgan fingerprint density at radius 1 is 1.40 bits per heavy atom. The summed E-state index contributed by atoms with van der Waals surface area (Å²) in [7, 11) is -1.48. The summed E-state index contributed by atoms with van der Waals surface area (Å²) in [5, 5.41) is 6.10. The van der Waals surface area contributed by atoms with E-state index >= 15 is 0 Å². The summed E-state index contributed by atoms with van der Waals surface area (Å²) < 4.78 is 27.6. The lowest BCUT2D eigenvalue weighted by Gasteiger charge is -2.27. The van der Waals surface area contributed by atoms with E-state index in [0.717, 1.165) is 13.1 Å². The number of hydrogen-bond donors (Lipinski definition) is 3. The molecule has 0 aromatic rings. The monoisotopic (exact) mass is 236 g/mol. The molecule has 3 N–H and O–H groups in total. The Labute approximate surface area is 91.6 Å². The summed E-state index contributed by atoms with van der Waals surface area (Å²) in [4.78, 5) is 0. The Morgan fingerprint density at radius 3 is 2.53 bits per heavy atom. The zero-order valence-electron chi connectivity index (χ0n) is 9.28. The highest BCUT2D eigenvalue weighted by atomic mass is 32.2. The molecular weight excluding hydrogens is 216 g/mol. The van der Waals surface area contributed by atoms with Crippen LogP contribution in [0.2, 0.25) is 0 Å². The molecule has 0 spiro atoms. The minimum Gasteiger partial charge on any atom is -0.316 e. The van der Waals surface area contributed by atoms with E-state index in [1.165, 1.54) is 4.31 Å². The van der Waals surface area contributed by atoms with Gasteiger partial charge in [-0.05, 0) is 14.0 Å². The minimum absolute atomic E-state index is 0.141. The van der Waals surface area contributed by atoms with Gasteiger partial charge in [0, 0.05) is 38.8 Å². The lowest BCUT2D eigenvalue weighted by atomic mass is 10.4. The molecule has 0 aromatic heterocycles. The molecule has 1 saturated heterocycles. The van der Waals surface area contributed by atoms with Crippen LogP contribution < -0.4 is 15.4 Å². The van der Waals surface area contributed by atoms with E-state index in [2.05, 4.69) is 15.4 Å². The van der Waals surface area contributed by atoms with Crippen molar-refractivity contribution < 1.29 is 8.42 Å². The average Bonchev–Trinajstić information content (AvgIpc) is 2.27. The molecule has 0 saturated carbocycles. The average molecular weight is 236 g/mol. The Balaban J connectivity index is 2.43. The summed E-state index contributed by atoms with van der Waals surface area (Å²) in [6.45, 7) is 4.89. The zero-order chi connectivity index (χ0) is 11.3. The summed E-state index contributed by atoms with van der Waals surface area (Å²) in [6, 6.07) is 0.141. The smallest absolute Gasteiger partial charge is 0.279 e. The first-order valence-electron chi connectivity index (χ1n) is 5.19. The van der Waals surface area contributed by atoms with E-state index in [-0.39, 0.29) is 6.04 Å². The molecule has 90 valence electrons. The van der Waals surface area contributed by atoms with Crippen LogP contribution in [0.4, 0.5) is 0 Å². The predicted octanol–water partition coefficient (Wildman–Crippen LogP) is -1.67. The molecule has 1 aliphatic rings. The van der Waals surface area contributed by atoms with Crippen LogP contribution in [0.3, 0.4) is 0 Å². The molecule has 0 aromatic carbocycles. The van der Waals surface area contributed by atoms with E-state index in [0.29, 0.717) is 19.6 Å². The standard InChI is InChI=1S/C8H20N4O2S/c1-8(9-2)7-11-15(13,14)12-5-3-10-4-6-12/h8-11H,3-7H2,1-2H3. The lowest BCUT2D eigenvalue weighted by molar-refractivity contribution is 0.353. The molecule has 1 atom stereocenters. The van der Waals surface area contributed by atoms with Crippen LogP contribution in [-0.4, -0.2) is 58.5 Å². The van der Waals surface area contributed by atoms with E-state index in [1.54, 1.807) is 0 Å². The van der Waals surface area contributed by atoms with Gasteiger partial charge in [-0.25, -0.2) is 4.72 Å². The van der Waals surface area contributed by atoms with Crippen molar-refractivity contribution in [1.82, 2.24) is 19.7 Å². The highest BCUT2D eigenvalue weighted by molar-refractivity contribution is 7.87. The maximum Gasteiger partial charge on any atom is 0.279 e. The van der Waals surface area contributed by atoms with Crippen molar-refractivity contribution in [1.29, 1.82) is 0 Å². The molecule has 1 fully saturated rings. The molecule has 7 heteroatoms. The van der Waals surface area contributed by atoms with Crippen molar-refractivity contribution in [2.24, 2.45) is 0 Å². The molecule has 0 aliphatic carbocycles. The fourth-order valence-corrected chi connectivity index (χ4v) is 2.61. The third-order valence-electron chi connectivity index (χ3n) is 2.48. The van der Waals surface area contributed by atoms with Gasteiger partial charge in [0.05, 0.1) is 0 Å². The molecule has 0 amide bonds. The van der Waals surface area contributed by atoms with Gasteiger partial charge in [-0.1, -0.05) is 0 Å². The van der Waals surface area contributed by atoms with Crippen molar-refractivity contribution >= 4 is 10.2 Å². The van der Waals surface area contributed by atoms with Crippen LogP contribution in [-0.2, 0) is 10.2 Å². The minimum atomic E-state index is -3.29. The van der Waals surface area contributed by atoms with E-state index in [1.807, 2.05) is 14.0 Å². The first-order valence-corrected chi connectivity index (χ1v) is 6.63. The first-order chi connectivity index (χ1) is 7.06. The normalized spacial score (nSPS) is 21.5. The van der Waals surface area contributed by atoms with Gasteiger partial charge in [-0.2, -0.15) is 12.7 Å². The fraction of sp³-hybridized carbons (Fsp3) is 1.00. The van der Waals surface area contributed by atoms with Crippen LogP contribution in [0, 0.1) is 0 Å². The summed E-state index contributed by atoms with van der Waals surface area (Å²) in [6.07, 6.45) is 0. The van der Waals surface area contributed by atoms with Crippen molar-refractivity contribution in [3.8, 4) is 0 Å². The molecule has 1 aliphatic heterocycles. The van der Waals surface area contributed by atoms with Crippen molar-refractivity contribution in [3.63, 3.8) is 0 Å². The van der Waals surface area contributed by atoms with Crippen LogP contribution in [0.1, 0.15) is 6.92 Å². The number of rotatable bonds is 5. The topological polar surface area (TPSA) is 73.5 Å². The second-order valence-electron chi connectivity index (χ2n) is 3.69. The van der Waals surface area contributed by atoms with E-state index < -0.39 is 10.2 Å². The van der Waals surface area contributed by atoms with Gasteiger partial charge in [0.1, 0.15) is 0 Å². The molecular formula is C8H20N4O2S. The number of nitrogens with one attached hydrogen (secondary N) is 3. The number of nitrogens with zero attached hydrogens (tertiary/aromatic N) is 1. The largest absolute Gasteiger partial charge is 0.316 e. The first kappa shape index (κ1) is 12.9. The van der Waals surface area contributed by atoms with Crippen LogP contribution in [0.15, 0.2) is 0 Å². The molecule has 6 nitrogen and oxygen atoms in total. The maximum absolute atomic E-state index is 11.8. The number of piperazine rings is 1. The molecule has 1 heterocycles. The molecule has 15 heavy (non-hydrogen) atoms. The Kier molecular flexibility index (Phi) is 4.94. The predicted molar refractivity (Wildman–Crippen MR) is 59.9 cm³/mol. The molecule has 0 radical (unpaired) electrons. The van der Waals surface area contributed by atoms with Gasteiger partial charge in [-0.15, -0.1) is 0 Å². The third kappa shape index (κ3) is 4.04. The van der Waals surface area contributed by atoms with Gasteiger partial charge in [0.2, 0.25) is 0 Å². The third-order valence-corrected chi connectivity index (χ3v) is 4.06. The SMILES string of the molecule is CNC(C)CNS(=O)(=O)N1CCNCC1. The van der Waals surface area contributed by atoms with E-state index in [9.17, 15) is 8.42 Å². The second-order valence-corrected chi connectivity index (χ2v) is 5.45. The van der Waals surface area contributed by atoms with E-state index in [4.69, 9.17) is 0 Å². The number of likely N-dealkylation sites (N-methyl/N-ethyl adjacent to an activating group) is 1. The quantitative estimate of drug-likeness (QED) is 0.534. The van der Waals surface area contributed by atoms with Gasteiger partial charge in [0.25, 0.3) is 10.2 Å². The highest BCUT2D eigenvalue weighted by Crippen LogP contribution is 1.99. The lowest BCUT2D eigenvalue weighted by Crippen LogP contribution is -2.52. The van der Waals surface area contributed by atoms with Crippen LogP contribution in [0.5, 0.6) is 0 Å². The molecule has 1 unspecified atom stereocenters. The van der Waals surface area contributed by atoms with Crippen molar-refractivity contribution in [3.05, 3.63) is 0 Å². The number of hydrogen-bond acceptors (Lipinski definition) is 4. The van der Waals surface area contributed by atoms with Gasteiger partial charge in [0.15, 0.2) is 0 Å². The highest BCUT2D eigenvalue weighted by Gasteiger charge is 2.23. The second kappa shape index (κ2) is 5.76. The van der Waals surface area contributed by atoms with Crippen LogP contribution in [0.25, 0.3) is 0 Å². The van der Waals surface area contributed by atoms with Gasteiger partial charge < -0.3 is 10.6 Å². The zero-order valence-corrected chi connectivity index (χ0v) is 10.1. The van der Waals surface area contributed by atoms with Crippen molar-refractivity contribution in [2.45, 2.75) is 13.0 Å². The fourth-order valence-electron chi connectivity index (χ4n) is 1.31. The Bertz CT molecular complexity index is 274. The van der Waals surface area contributed by atoms with Gasteiger partial charge >= 0.3 is 0 Å². The molecule has 1 rings (SSSR count). The van der Waals surface area contributed by atoms with Gasteiger partial charge in [-0.3, -0.25) is 0 Å². The van der Waals surface area contributed by atoms with Crippen molar-refractivity contribution in [2.75, 3.05) is 39.8 Å². The Morgan fingerprint density at radius 2 is 2.00 bits per heavy atom. The summed E-state index contributed by atoms with van der Waals surface area (Å²) in [5.74, 6) is 0. The van der Waals surface area contributed by atoms with Crippen LogP contribution >= 0.6 is 0 Å².